The first-order valence-electron chi connectivity index (χ1n) is 7.08. The second-order valence-electron chi connectivity index (χ2n) is 5.07. The first kappa shape index (κ1) is 15.3. The van der Waals surface area contributed by atoms with Crippen LogP contribution in [-0.4, -0.2) is 46.8 Å². The van der Waals surface area contributed by atoms with Crippen molar-refractivity contribution in [3.8, 4) is 0 Å². The van der Waals surface area contributed by atoms with Crippen molar-refractivity contribution >= 4 is 12.0 Å². The number of nitrogens with zero attached hydrogens (tertiary/aromatic N) is 1. The van der Waals surface area contributed by atoms with Crippen LogP contribution in [0.5, 0.6) is 0 Å². The van der Waals surface area contributed by atoms with Crippen LogP contribution in [0.15, 0.2) is 24.3 Å². The summed E-state index contributed by atoms with van der Waals surface area (Å²) >= 11 is 0. The van der Waals surface area contributed by atoms with Crippen LogP contribution < -0.4 is 5.32 Å². The van der Waals surface area contributed by atoms with Crippen LogP contribution in [-0.2, 0) is 11.2 Å². The van der Waals surface area contributed by atoms with E-state index in [2.05, 4.69) is 5.32 Å². The van der Waals surface area contributed by atoms with Gasteiger partial charge in [-0.25, -0.2) is 4.79 Å². The number of rotatable bonds is 5. The Balaban J connectivity index is 1.97. The van der Waals surface area contributed by atoms with Gasteiger partial charge in [-0.3, -0.25) is 4.79 Å². The van der Waals surface area contributed by atoms with Gasteiger partial charge in [0.05, 0.1) is 12.6 Å². The Labute approximate surface area is 123 Å². The molecule has 1 aliphatic rings. The fourth-order valence-electron chi connectivity index (χ4n) is 2.63. The minimum Gasteiger partial charge on any atom is -0.481 e. The maximum Gasteiger partial charge on any atom is 0.318 e. The summed E-state index contributed by atoms with van der Waals surface area (Å²) < 4.78 is 0. The second kappa shape index (κ2) is 7.08. The number of carbonyl (C=O) groups is 2. The molecule has 1 aromatic rings. The molecule has 0 aliphatic carbocycles. The van der Waals surface area contributed by atoms with Gasteiger partial charge in [0, 0.05) is 19.5 Å². The Morgan fingerprint density at radius 1 is 1.33 bits per heavy atom. The molecule has 1 atom stereocenters. The van der Waals surface area contributed by atoms with Gasteiger partial charge in [0.1, 0.15) is 0 Å². The Morgan fingerprint density at radius 3 is 2.81 bits per heavy atom. The van der Waals surface area contributed by atoms with Gasteiger partial charge in [0.25, 0.3) is 0 Å². The summed E-state index contributed by atoms with van der Waals surface area (Å²) in [5, 5.41) is 20.9. The monoisotopic (exact) mass is 292 g/mol. The van der Waals surface area contributed by atoms with E-state index in [1.165, 1.54) is 0 Å². The van der Waals surface area contributed by atoms with Gasteiger partial charge in [-0.05, 0) is 24.0 Å². The zero-order valence-electron chi connectivity index (χ0n) is 11.8. The molecule has 6 heteroatoms. The molecule has 1 aromatic carbocycles. The number of hydrogen-bond acceptors (Lipinski definition) is 3. The lowest BCUT2D eigenvalue weighted by molar-refractivity contribution is -0.137. The topological polar surface area (TPSA) is 89.9 Å². The summed E-state index contributed by atoms with van der Waals surface area (Å²) in [6.45, 7) is 0.744. The van der Waals surface area contributed by atoms with Crippen molar-refractivity contribution in [2.24, 2.45) is 0 Å². The highest BCUT2D eigenvalue weighted by Crippen LogP contribution is 2.29. The number of nitrogens with one attached hydrogen (secondary N) is 1. The Kier molecular flexibility index (Phi) is 5.16. The lowest BCUT2D eigenvalue weighted by Crippen LogP contribution is -2.47. The Hall–Kier alpha value is -2.08. The molecule has 1 heterocycles. The standard InChI is InChI=1S/C15H20N2O4/c18-10-13-12-5-2-1-4-11(12)7-9-17(13)15(21)16-8-3-6-14(19)20/h1-2,4-5,13,18H,3,6-10H2,(H,16,21)(H,19,20). The molecule has 0 aromatic heterocycles. The average molecular weight is 292 g/mol. The van der Waals surface area contributed by atoms with Crippen molar-refractivity contribution in [3.05, 3.63) is 35.4 Å². The van der Waals surface area contributed by atoms with E-state index in [-0.39, 0.29) is 25.1 Å². The molecule has 0 spiro atoms. The van der Waals surface area contributed by atoms with Crippen LogP contribution in [0.2, 0.25) is 0 Å². The summed E-state index contributed by atoms with van der Waals surface area (Å²) in [4.78, 5) is 24.2. The molecule has 3 N–H and O–H groups in total. The first-order chi connectivity index (χ1) is 10.1. The lowest BCUT2D eigenvalue weighted by Gasteiger charge is -2.36. The zero-order valence-corrected chi connectivity index (χ0v) is 11.8. The van der Waals surface area contributed by atoms with E-state index in [1.54, 1.807) is 4.90 Å². The van der Waals surface area contributed by atoms with Gasteiger partial charge in [-0.2, -0.15) is 0 Å². The Bertz CT molecular complexity index is 518. The summed E-state index contributed by atoms with van der Waals surface area (Å²) in [5.41, 5.74) is 2.14. The van der Waals surface area contributed by atoms with Crippen molar-refractivity contribution in [2.75, 3.05) is 19.7 Å². The summed E-state index contributed by atoms with van der Waals surface area (Å²) in [6.07, 6.45) is 1.19. The Morgan fingerprint density at radius 2 is 2.10 bits per heavy atom. The van der Waals surface area contributed by atoms with E-state index in [0.29, 0.717) is 19.5 Å². The number of carboxylic acid groups (broad SMARTS) is 1. The number of aliphatic hydroxyl groups is 1. The van der Waals surface area contributed by atoms with E-state index in [0.717, 1.165) is 17.5 Å². The number of carbonyl (C=O) groups excluding carboxylic acids is 1. The third-order valence-electron chi connectivity index (χ3n) is 3.69. The predicted octanol–water partition coefficient (Wildman–Crippen LogP) is 1.15. The number of aliphatic carboxylic acids is 1. The maximum atomic E-state index is 12.2. The van der Waals surface area contributed by atoms with E-state index in [9.17, 15) is 14.7 Å². The fraction of sp³-hybridized carbons (Fsp3) is 0.467. The normalized spacial score (nSPS) is 17.2. The number of carboxylic acids is 1. The molecule has 0 saturated carbocycles. The first-order valence-corrected chi connectivity index (χ1v) is 7.08. The zero-order chi connectivity index (χ0) is 15.2. The van der Waals surface area contributed by atoms with Gasteiger partial charge < -0.3 is 20.4 Å². The van der Waals surface area contributed by atoms with Gasteiger partial charge in [0.2, 0.25) is 0 Å². The van der Waals surface area contributed by atoms with Crippen molar-refractivity contribution in [3.63, 3.8) is 0 Å². The minimum atomic E-state index is -0.871. The lowest BCUT2D eigenvalue weighted by atomic mass is 9.93. The molecule has 0 bridgehead atoms. The van der Waals surface area contributed by atoms with Crippen LogP contribution in [0, 0.1) is 0 Å². The van der Waals surface area contributed by atoms with Crippen LogP contribution in [0.4, 0.5) is 4.79 Å². The molecule has 0 radical (unpaired) electrons. The summed E-state index contributed by atoms with van der Waals surface area (Å²) in [5.74, 6) is -0.871. The highest BCUT2D eigenvalue weighted by Gasteiger charge is 2.29. The molecule has 6 nitrogen and oxygen atoms in total. The number of benzene rings is 1. The van der Waals surface area contributed by atoms with Crippen molar-refractivity contribution in [2.45, 2.75) is 25.3 Å². The molecule has 2 rings (SSSR count). The SMILES string of the molecule is O=C(O)CCCNC(=O)N1CCc2ccccc2C1CO. The molecular formula is C15H20N2O4. The van der Waals surface area contributed by atoms with Gasteiger partial charge in [-0.15, -0.1) is 0 Å². The molecule has 114 valence electrons. The smallest absolute Gasteiger partial charge is 0.318 e. The maximum absolute atomic E-state index is 12.2. The van der Waals surface area contributed by atoms with Gasteiger partial charge in [0.15, 0.2) is 0 Å². The summed E-state index contributed by atoms with van der Waals surface area (Å²) in [7, 11) is 0. The van der Waals surface area contributed by atoms with E-state index in [4.69, 9.17) is 5.11 Å². The van der Waals surface area contributed by atoms with Crippen LogP contribution >= 0.6 is 0 Å². The van der Waals surface area contributed by atoms with Crippen LogP contribution in [0.1, 0.15) is 30.0 Å². The van der Waals surface area contributed by atoms with Gasteiger partial charge in [-0.1, -0.05) is 24.3 Å². The molecule has 2 amide bonds. The molecule has 1 unspecified atom stereocenters. The fourth-order valence-corrected chi connectivity index (χ4v) is 2.63. The van der Waals surface area contributed by atoms with E-state index < -0.39 is 5.97 Å². The van der Waals surface area contributed by atoms with E-state index in [1.807, 2.05) is 24.3 Å². The third kappa shape index (κ3) is 3.72. The number of aliphatic hydroxyl groups excluding tert-OH is 1. The number of fused-ring (bicyclic) bond motifs is 1. The number of amides is 2. The quantitative estimate of drug-likeness (QED) is 0.710. The highest BCUT2D eigenvalue weighted by molar-refractivity contribution is 5.75. The molecule has 21 heavy (non-hydrogen) atoms. The number of hydrogen-bond donors (Lipinski definition) is 3. The molecule has 0 fully saturated rings. The molecule has 0 saturated heterocycles. The van der Waals surface area contributed by atoms with Crippen molar-refractivity contribution in [1.82, 2.24) is 10.2 Å². The largest absolute Gasteiger partial charge is 0.481 e. The third-order valence-corrected chi connectivity index (χ3v) is 3.69. The molecular weight excluding hydrogens is 272 g/mol. The predicted molar refractivity (Wildman–Crippen MR) is 76.9 cm³/mol. The van der Waals surface area contributed by atoms with Crippen molar-refractivity contribution < 1.29 is 19.8 Å². The van der Waals surface area contributed by atoms with E-state index >= 15 is 0 Å². The summed E-state index contributed by atoms with van der Waals surface area (Å²) in [6, 6.07) is 7.20. The van der Waals surface area contributed by atoms with Crippen LogP contribution in [0.3, 0.4) is 0 Å². The molecule has 1 aliphatic heterocycles. The van der Waals surface area contributed by atoms with Crippen molar-refractivity contribution in [1.29, 1.82) is 0 Å². The average Bonchev–Trinajstić information content (AvgIpc) is 2.49. The minimum absolute atomic E-state index is 0.0343. The number of urea groups is 1. The van der Waals surface area contributed by atoms with Crippen LogP contribution in [0.25, 0.3) is 0 Å². The highest BCUT2D eigenvalue weighted by atomic mass is 16.4. The second-order valence-corrected chi connectivity index (χ2v) is 5.07. The van der Waals surface area contributed by atoms with Gasteiger partial charge >= 0.3 is 12.0 Å².